The number of nitrogens with zero attached hydrogens (tertiary/aromatic N) is 3. The molecule has 22 heavy (non-hydrogen) atoms. The summed E-state index contributed by atoms with van der Waals surface area (Å²) in [7, 11) is 0. The Labute approximate surface area is 130 Å². The third kappa shape index (κ3) is 3.42. The van der Waals surface area contributed by atoms with Gasteiger partial charge in [0.25, 0.3) is 5.91 Å². The van der Waals surface area contributed by atoms with Crippen molar-refractivity contribution in [1.82, 2.24) is 14.9 Å². The van der Waals surface area contributed by atoms with Crippen molar-refractivity contribution < 1.29 is 9.53 Å². The lowest BCUT2D eigenvalue weighted by Crippen LogP contribution is -2.41. The van der Waals surface area contributed by atoms with Gasteiger partial charge in [-0.25, -0.2) is 9.97 Å². The third-order valence-electron chi connectivity index (χ3n) is 3.87. The lowest BCUT2D eigenvalue weighted by Gasteiger charge is -2.32. The van der Waals surface area contributed by atoms with E-state index >= 15 is 0 Å². The number of likely N-dealkylation sites (tertiary alicyclic amines) is 1. The van der Waals surface area contributed by atoms with Crippen LogP contribution in [0, 0.1) is 6.92 Å². The van der Waals surface area contributed by atoms with Gasteiger partial charge in [0.05, 0.1) is 0 Å². The van der Waals surface area contributed by atoms with Crippen molar-refractivity contribution in [2.45, 2.75) is 25.9 Å². The molecule has 0 radical (unpaired) electrons. The molecule has 5 nitrogen and oxygen atoms in total. The molecule has 0 aliphatic carbocycles. The number of rotatable bonds is 3. The molecule has 0 spiro atoms. The molecule has 114 valence electrons. The molecule has 2 aromatic rings. The van der Waals surface area contributed by atoms with E-state index in [9.17, 15) is 4.79 Å². The predicted molar refractivity (Wildman–Crippen MR) is 82.8 cm³/mol. The Morgan fingerprint density at radius 1 is 1.18 bits per heavy atom. The number of piperidine rings is 1. The first-order valence-electron chi connectivity index (χ1n) is 7.51. The molecule has 1 aliphatic rings. The fraction of sp³-hybridized carbons (Fsp3) is 0.353. The van der Waals surface area contributed by atoms with Gasteiger partial charge in [-0.15, -0.1) is 0 Å². The second kappa shape index (κ2) is 6.56. The Hall–Kier alpha value is -2.43. The first-order chi connectivity index (χ1) is 10.7. The van der Waals surface area contributed by atoms with Crippen LogP contribution in [0.2, 0.25) is 0 Å². The first-order valence-corrected chi connectivity index (χ1v) is 7.51. The summed E-state index contributed by atoms with van der Waals surface area (Å²) >= 11 is 0. The summed E-state index contributed by atoms with van der Waals surface area (Å²) in [6, 6.07) is 9.47. The summed E-state index contributed by atoms with van der Waals surface area (Å²) in [6.45, 7) is 3.44. The van der Waals surface area contributed by atoms with Crippen molar-refractivity contribution in [1.29, 1.82) is 0 Å². The van der Waals surface area contributed by atoms with Gasteiger partial charge < -0.3 is 9.64 Å². The standard InChI is InChI=1S/C17H19N3O2/c1-13-2-4-14(5-3-13)17(21)20-10-7-15(8-11-20)22-16-6-9-18-12-19-16/h2-6,9,12,15H,7-8,10-11H2,1H3. The molecule has 1 amide bonds. The Morgan fingerprint density at radius 2 is 1.91 bits per heavy atom. The first kappa shape index (κ1) is 14.5. The number of carbonyl (C=O) groups excluding carboxylic acids is 1. The SMILES string of the molecule is Cc1ccc(C(=O)N2CCC(Oc3ccncn3)CC2)cc1. The molecular weight excluding hydrogens is 278 g/mol. The maximum Gasteiger partial charge on any atom is 0.253 e. The van der Waals surface area contributed by atoms with E-state index in [-0.39, 0.29) is 12.0 Å². The minimum Gasteiger partial charge on any atom is -0.474 e. The number of hydrogen-bond donors (Lipinski definition) is 0. The zero-order chi connectivity index (χ0) is 15.4. The van der Waals surface area contributed by atoms with E-state index in [1.165, 1.54) is 6.33 Å². The summed E-state index contributed by atoms with van der Waals surface area (Å²) in [5.41, 5.74) is 1.91. The molecule has 1 aliphatic heterocycles. The van der Waals surface area contributed by atoms with Crippen LogP contribution < -0.4 is 4.74 Å². The monoisotopic (exact) mass is 297 g/mol. The molecular formula is C17H19N3O2. The molecule has 0 bridgehead atoms. The van der Waals surface area contributed by atoms with E-state index in [0.29, 0.717) is 19.0 Å². The summed E-state index contributed by atoms with van der Waals surface area (Å²) < 4.78 is 5.82. The maximum atomic E-state index is 12.4. The Balaban J connectivity index is 1.55. The predicted octanol–water partition coefficient (Wildman–Crippen LogP) is 2.47. The second-order valence-electron chi connectivity index (χ2n) is 5.52. The highest BCUT2D eigenvalue weighted by molar-refractivity contribution is 5.94. The molecule has 5 heteroatoms. The van der Waals surface area contributed by atoms with E-state index in [1.54, 1.807) is 12.3 Å². The number of benzene rings is 1. The van der Waals surface area contributed by atoms with Gasteiger partial charge in [0.1, 0.15) is 12.4 Å². The van der Waals surface area contributed by atoms with Gasteiger partial charge in [-0.1, -0.05) is 17.7 Å². The summed E-state index contributed by atoms with van der Waals surface area (Å²) in [6.07, 6.45) is 4.89. The van der Waals surface area contributed by atoms with Crippen LogP contribution in [-0.2, 0) is 0 Å². The van der Waals surface area contributed by atoms with E-state index in [2.05, 4.69) is 9.97 Å². The molecule has 0 saturated carbocycles. The number of aromatic nitrogens is 2. The molecule has 0 atom stereocenters. The fourth-order valence-corrected chi connectivity index (χ4v) is 2.57. The van der Waals surface area contributed by atoms with Crippen LogP contribution in [0.25, 0.3) is 0 Å². The van der Waals surface area contributed by atoms with Gasteiger partial charge in [-0.05, 0) is 19.1 Å². The minimum atomic E-state index is 0.0977. The van der Waals surface area contributed by atoms with E-state index in [1.807, 2.05) is 36.1 Å². The van der Waals surface area contributed by atoms with Gasteiger partial charge in [0.15, 0.2) is 0 Å². The van der Waals surface area contributed by atoms with Gasteiger partial charge >= 0.3 is 0 Å². The zero-order valence-electron chi connectivity index (χ0n) is 12.6. The van der Waals surface area contributed by atoms with Crippen LogP contribution in [0.3, 0.4) is 0 Å². The normalized spacial score (nSPS) is 15.6. The summed E-state index contributed by atoms with van der Waals surface area (Å²) in [5, 5.41) is 0. The Kier molecular flexibility index (Phi) is 4.32. The highest BCUT2D eigenvalue weighted by Gasteiger charge is 2.24. The molecule has 1 aromatic carbocycles. The van der Waals surface area contributed by atoms with Gasteiger partial charge in [0.2, 0.25) is 5.88 Å². The maximum absolute atomic E-state index is 12.4. The average Bonchev–Trinajstić information content (AvgIpc) is 2.57. The van der Waals surface area contributed by atoms with Crippen LogP contribution in [-0.4, -0.2) is 40.0 Å². The number of ether oxygens (including phenoxy) is 1. The van der Waals surface area contributed by atoms with Crippen molar-refractivity contribution >= 4 is 5.91 Å². The van der Waals surface area contributed by atoms with Crippen molar-refractivity contribution in [2.75, 3.05) is 13.1 Å². The minimum absolute atomic E-state index is 0.0977. The zero-order valence-corrected chi connectivity index (χ0v) is 12.6. The van der Waals surface area contributed by atoms with Crippen LogP contribution in [0.1, 0.15) is 28.8 Å². The van der Waals surface area contributed by atoms with Crippen molar-refractivity contribution in [2.24, 2.45) is 0 Å². The average molecular weight is 297 g/mol. The molecule has 0 unspecified atom stereocenters. The number of carbonyl (C=O) groups is 1. The topological polar surface area (TPSA) is 55.3 Å². The highest BCUT2D eigenvalue weighted by Crippen LogP contribution is 2.18. The van der Waals surface area contributed by atoms with Crippen LogP contribution >= 0.6 is 0 Å². The van der Waals surface area contributed by atoms with E-state index in [0.717, 1.165) is 24.0 Å². The van der Waals surface area contributed by atoms with Crippen molar-refractivity contribution in [3.63, 3.8) is 0 Å². The smallest absolute Gasteiger partial charge is 0.253 e. The Bertz CT molecular complexity index is 620. The highest BCUT2D eigenvalue weighted by atomic mass is 16.5. The molecule has 3 rings (SSSR count). The molecule has 1 aromatic heterocycles. The van der Waals surface area contributed by atoms with Gasteiger partial charge in [-0.3, -0.25) is 4.79 Å². The third-order valence-corrected chi connectivity index (χ3v) is 3.87. The molecule has 1 saturated heterocycles. The lowest BCUT2D eigenvalue weighted by molar-refractivity contribution is 0.0587. The summed E-state index contributed by atoms with van der Waals surface area (Å²) in [5.74, 6) is 0.693. The molecule has 2 heterocycles. The van der Waals surface area contributed by atoms with Crippen LogP contribution in [0.5, 0.6) is 5.88 Å². The molecule has 0 N–H and O–H groups in total. The largest absolute Gasteiger partial charge is 0.474 e. The fourth-order valence-electron chi connectivity index (χ4n) is 2.57. The number of amides is 1. The molecule has 1 fully saturated rings. The van der Waals surface area contributed by atoms with E-state index in [4.69, 9.17) is 4.74 Å². The van der Waals surface area contributed by atoms with Gasteiger partial charge in [-0.2, -0.15) is 0 Å². The van der Waals surface area contributed by atoms with Crippen LogP contribution in [0.15, 0.2) is 42.9 Å². The summed E-state index contributed by atoms with van der Waals surface area (Å²) in [4.78, 5) is 22.3. The lowest BCUT2D eigenvalue weighted by atomic mass is 10.1. The second-order valence-corrected chi connectivity index (χ2v) is 5.52. The van der Waals surface area contributed by atoms with Gasteiger partial charge in [0, 0.05) is 43.8 Å². The quantitative estimate of drug-likeness (QED) is 0.873. The van der Waals surface area contributed by atoms with E-state index < -0.39 is 0 Å². The van der Waals surface area contributed by atoms with Crippen molar-refractivity contribution in [3.05, 3.63) is 54.0 Å². The number of aryl methyl sites for hydroxylation is 1. The Morgan fingerprint density at radius 3 is 2.55 bits per heavy atom. The van der Waals surface area contributed by atoms with Crippen molar-refractivity contribution in [3.8, 4) is 5.88 Å². The van der Waals surface area contributed by atoms with Crippen LogP contribution in [0.4, 0.5) is 0 Å². The number of hydrogen-bond acceptors (Lipinski definition) is 4.